The molecule has 4 aliphatic rings. The van der Waals surface area contributed by atoms with Gasteiger partial charge < -0.3 is 9.47 Å². The Balaban J connectivity index is 1.94. The summed E-state index contributed by atoms with van der Waals surface area (Å²) in [6.07, 6.45) is 0.734. The Hall–Kier alpha value is -1.06. The topological polar surface area (TPSA) is 52.6 Å². The van der Waals surface area contributed by atoms with E-state index in [0.717, 1.165) is 6.42 Å². The number of rotatable bonds is 0. The third kappa shape index (κ3) is 0.474. The molecule has 2 saturated carbocycles. The van der Waals surface area contributed by atoms with Gasteiger partial charge in [0.15, 0.2) is 0 Å². The third-order valence-corrected chi connectivity index (χ3v) is 4.07. The Morgan fingerprint density at radius 3 is 1.85 bits per heavy atom. The van der Waals surface area contributed by atoms with Crippen LogP contribution in [0.3, 0.4) is 0 Å². The molecule has 4 heteroatoms. The zero-order valence-corrected chi connectivity index (χ0v) is 6.80. The number of hydrogen-bond acceptors (Lipinski definition) is 4. The zero-order valence-electron chi connectivity index (χ0n) is 6.80. The van der Waals surface area contributed by atoms with Crippen molar-refractivity contribution in [3.8, 4) is 0 Å². The van der Waals surface area contributed by atoms with Crippen molar-refractivity contribution < 1.29 is 19.1 Å². The van der Waals surface area contributed by atoms with Crippen LogP contribution in [0, 0.1) is 23.7 Å². The van der Waals surface area contributed by atoms with Crippen molar-refractivity contribution in [2.24, 2.45) is 23.7 Å². The molecule has 2 aliphatic heterocycles. The molecule has 4 fully saturated rings. The molecule has 0 aromatic rings. The molecule has 0 N–H and O–H groups in total. The lowest BCUT2D eigenvalue weighted by Crippen LogP contribution is -2.31. The highest BCUT2D eigenvalue weighted by molar-refractivity contribution is 5.88. The number of esters is 2. The summed E-state index contributed by atoms with van der Waals surface area (Å²) in [5.41, 5.74) is 0. The zero-order chi connectivity index (χ0) is 8.74. The molecule has 0 radical (unpaired) electrons. The lowest BCUT2D eigenvalue weighted by Gasteiger charge is -2.17. The molecule has 2 heterocycles. The van der Waals surface area contributed by atoms with E-state index in [-0.39, 0.29) is 47.8 Å². The maximum Gasteiger partial charge on any atom is 0.310 e. The van der Waals surface area contributed by atoms with Crippen LogP contribution in [0.5, 0.6) is 0 Å². The lowest BCUT2D eigenvalue weighted by atomic mass is 9.81. The molecule has 0 spiro atoms. The van der Waals surface area contributed by atoms with Crippen LogP contribution in [-0.2, 0) is 19.1 Å². The van der Waals surface area contributed by atoms with Crippen LogP contribution in [0.2, 0.25) is 0 Å². The summed E-state index contributed by atoms with van der Waals surface area (Å²) in [5.74, 6) is -0.108. The minimum absolute atomic E-state index is 0.106. The van der Waals surface area contributed by atoms with E-state index in [1.54, 1.807) is 0 Å². The van der Waals surface area contributed by atoms with Crippen molar-refractivity contribution >= 4 is 11.9 Å². The van der Waals surface area contributed by atoms with Crippen molar-refractivity contribution in [1.82, 2.24) is 0 Å². The Labute approximate surface area is 74.2 Å². The lowest BCUT2D eigenvalue weighted by molar-refractivity contribution is -0.160. The van der Waals surface area contributed by atoms with E-state index in [4.69, 9.17) is 9.47 Å². The highest BCUT2D eigenvalue weighted by Gasteiger charge is 2.73. The molecule has 6 atom stereocenters. The van der Waals surface area contributed by atoms with Crippen molar-refractivity contribution in [1.29, 1.82) is 0 Å². The molecule has 2 bridgehead atoms. The van der Waals surface area contributed by atoms with Crippen molar-refractivity contribution in [3.05, 3.63) is 0 Å². The van der Waals surface area contributed by atoms with Gasteiger partial charge >= 0.3 is 11.9 Å². The summed E-state index contributed by atoms with van der Waals surface area (Å²) in [5, 5.41) is 0. The molecular formula is C9H8O4. The molecule has 13 heavy (non-hydrogen) atoms. The minimum atomic E-state index is -0.166. The summed E-state index contributed by atoms with van der Waals surface area (Å²) in [4.78, 5) is 22.8. The van der Waals surface area contributed by atoms with Crippen LogP contribution in [0.4, 0.5) is 0 Å². The summed E-state index contributed by atoms with van der Waals surface area (Å²) in [6.45, 7) is 0. The fourth-order valence-corrected chi connectivity index (χ4v) is 3.68. The van der Waals surface area contributed by atoms with Crippen LogP contribution >= 0.6 is 0 Å². The summed E-state index contributed by atoms with van der Waals surface area (Å²) >= 11 is 0. The second-order valence-corrected chi connectivity index (χ2v) is 4.42. The van der Waals surface area contributed by atoms with Gasteiger partial charge in [0, 0.05) is 11.8 Å². The van der Waals surface area contributed by atoms with Crippen LogP contribution in [0.25, 0.3) is 0 Å². The molecule has 0 aromatic carbocycles. The number of fused-ring (bicyclic) bond motifs is 2. The van der Waals surface area contributed by atoms with E-state index >= 15 is 0 Å². The largest absolute Gasteiger partial charge is 0.458 e. The maximum absolute atomic E-state index is 11.4. The Morgan fingerprint density at radius 1 is 0.923 bits per heavy atom. The van der Waals surface area contributed by atoms with Gasteiger partial charge in [-0.05, 0) is 6.42 Å². The van der Waals surface area contributed by atoms with E-state index in [1.165, 1.54) is 0 Å². The first-order valence-corrected chi connectivity index (χ1v) is 4.68. The van der Waals surface area contributed by atoms with Crippen molar-refractivity contribution in [2.75, 3.05) is 0 Å². The van der Waals surface area contributed by atoms with Gasteiger partial charge in [-0.15, -0.1) is 0 Å². The van der Waals surface area contributed by atoms with E-state index in [2.05, 4.69) is 0 Å². The Kier molecular flexibility index (Phi) is 0.791. The normalized spacial score (nSPS) is 60.0. The monoisotopic (exact) mass is 180 g/mol. The average Bonchev–Trinajstić information content (AvgIpc) is 2.67. The molecule has 4 rings (SSSR count). The summed E-state index contributed by atoms with van der Waals surface area (Å²) in [7, 11) is 0. The van der Waals surface area contributed by atoms with Gasteiger partial charge in [0.1, 0.15) is 12.2 Å². The third-order valence-electron chi connectivity index (χ3n) is 4.07. The maximum atomic E-state index is 11.4. The highest BCUT2D eigenvalue weighted by atomic mass is 16.6. The van der Waals surface area contributed by atoms with Gasteiger partial charge in [-0.2, -0.15) is 0 Å². The van der Waals surface area contributed by atoms with Crippen molar-refractivity contribution in [2.45, 2.75) is 18.6 Å². The molecule has 2 aliphatic carbocycles. The predicted molar refractivity (Wildman–Crippen MR) is 38.3 cm³/mol. The fraction of sp³-hybridized carbons (Fsp3) is 0.778. The van der Waals surface area contributed by atoms with Gasteiger partial charge in [-0.3, -0.25) is 9.59 Å². The summed E-state index contributed by atoms with van der Waals surface area (Å²) < 4.78 is 10.4. The van der Waals surface area contributed by atoms with Crippen LogP contribution in [0.15, 0.2) is 0 Å². The van der Waals surface area contributed by atoms with E-state index in [0.29, 0.717) is 0 Å². The van der Waals surface area contributed by atoms with Crippen molar-refractivity contribution in [3.63, 3.8) is 0 Å². The SMILES string of the molecule is O=C1O[C@H]2[C@H]3C[C@H]4[C@@H]2OC(=O)[C@H]4[C@H]13. The molecule has 0 aromatic heterocycles. The van der Waals surface area contributed by atoms with Crippen LogP contribution in [0.1, 0.15) is 6.42 Å². The first-order valence-electron chi connectivity index (χ1n) is 4.68. The van der Waals surface area contributed by atoms with Crippen LogP contribution < -0.4 is 0 Å². The first-order chi connectivity index (χ1) is 6.27. The highest BCUT2D eigenvalue weighted by Crippen LogP contribution is 2.62. The Morgan fingerprint density at radius 2 is 1.38 bits per heavy atom. The number of ether oxygens (including phenoxy) is 2. The molecule has 2 saturated heterocycles. The quantitative estimate of drug-likeness (QED) is 0.481. The molecule has 4 nitrogen and oxygen atoms in total. The van der Waals surface area contributed by atoms with Gasteiger partial charge in [0.25, 0.3) is 0 Å². The molecular weight excluding hydrogens is 172 g/mol. The van der Waals surface area contributed by atoms with Gasteiger partial charge in [-0.25, -0.2) is 0 Å². The molecule has 0 amide bonds. The average molecular weight is 180 g/mol. The first kappa shape index (κ1) is 6.40. The fourth-order valence-electron chi connectivity index (χ4n) is 3.68. The second-order valence-electron chi connectivity index (χ2n) is 4.42. The van der Waals surface area contributed by atoms with E-state index < -0.39 is 0 Å². The predicted octanol–water partition coefficient (Wildman–Crippen LogP) is -0.281. The number of hydrogen-bond donors (Lipinski definition) is 0. The van der Waals surface area contributed by atoms with E-state index in [1.807, 2.05) is 0 Å². The summed E-state index contributed by atoms with van der Waals surface area (Å²) in [6, 6.07) is 0. The number of carbonyl (C=O) groups excluding carboxylic acids is 2. The minimum Gasteiger partial charge on any atom is -0.458 e. The standard InChI is InChI=1S/C9H8O4/c10-8-4-2-1-3-5(4)9(11)13-7(3)6(2)12-8/h2-7H,1H2/t2-,3+,4-,5-,6+,7+/m1/s1. The smallest absolute Gasteiger partial charge is 0.310 e. The molecule has 0 unspecified atom stereocenters. The Bertz CT molecular complexity index is 301. The van der Waals surface area contributed by atoms with Gasteiger partial charge in [-0.1, -0.05) is 0 Å². The van der Waals surface area contributed by atoms with Gasteiger partial charge in [0.05, 0.1) is 11.8 Å². The molecule has 68 valence electrons. The second kappa shape index (κ2) is 1.61. The number of carbonyl (C=O) groups is 2. The van der Waals surface area contributed by atoms with E-state index in [9.17, 15) is 9.59 Å². The van der Waals surface area contributed by atoms with Gasteiger partial charge in [0.2, 0.25) is 0 Å². The van der Waals surface area contributed by atoms with Crippen LogP contribution in [-0.4, -0.2) is 24.1 Å².